The van der Waals surface area contributed by atoms with Crippen molar-refractivity contribution < 1.29 is 22.8 Å². The number of carbonyl (C=O) groups is 2. The van der Waals surface area contributed by atoms with Gasteiger partial charge in [-0.05, 0) is 32.0 Å². The molecular weight excluding hydrogens is 399 g/mol. The van der Waals surface area contributed by atoms with Crippen molar-refractivity contribution in [2.75, 3.05) is 31.1 Å². The number of anilines is 1. The van der Waals surface area contributed by atoms with Crippen molar-refractivity contribution in [1.29, 1.82) is 0 Å². The molecule has 0 saturated carbocycles. The summed E-state index contributed by atoms with van der Waals surface area (Å²) in [6.07, 6.45) is 0.574. The van der Waals surface area contributed by atoms with E-state index in [-0.39, 0.29) is 43.3 Å². The van der Waals surface area contributed by atoms with Gasteiger partial charge in [0.15, 0.2) is 5.96 Å². The van der Waals surface area contributed by atoms with Crippen LogP contribution in [0.5, 0.6) is 0 Å². The van der Waals surface area contributed by atoms with Crippen LogP contribution in [0.15, 0.2) is 47.0 Å². The Kier molecular flexibility index (Phi) is 7.25. The van der Waals surface area contributed by atoms with Crippen LogP contribution in [-0.4, -0.2) is 48.9 Å². The lowest BCUT2D eigenvalue weighted by atomic mass is 10.1. The Balaban J connectivity index is 2.23. The summed E-state index contributed by atoms with van der Waals surface area (Å²) < 4.78 is 40.9. The molecule has 162 valence electrons. The van der Waals surface area contributed by atoms with Crippen molar-refractivity contribution in [3.63, 3.8) is 0 Å². The molecule has 0 radical (unpaired) electrons. The predicted molar refractivity (Wildman–Crippen MR) is 109 cm³/mol. The number of piperazine rings is 1. The number of guanidine groups is 1. The number of nitrogens with zero attached hydrogens (tertiary/aromatic N) is 3. The number of rotatable bonds is 4. The van der Waals surface area contributed by atoms with Crippen LogP contribution in [0.4, 0.5) is 18.9 Å². The molecule has 1 aliphatic rings. The van der Waals surface area contributed by atoms with Crippen molar-refractivity contribution >= 4 is 23.5 Å². The molecule has 0 spiro atoms. The summed E-state index contributed by atoms with van der Waals surface area (Å²) >= 11 is 0. The minimum atomic E-state index is -4.68. The van der Waals surface area contributed by atoms with Crippen molar-refractivity contribution in [2.24, 2.45) is 16.5 Å². The molecule has 1 aromatic carbocycles. The zero-order valence-corrected chi connectivity index (χ0v) is 16.7. The van der Waals surface area contributed by atoms with E-state index in [0.717, 1.165) is 6.07 Å². The molecule has 0 aliphatic carbocycles. The lowest BCUT2D eigenvalue weighted by molar-refractivity contribution is -0.137. The third-order valence-electron chi connectivity index (χ3n) is 4.56. The summed E-state index contributed by atoms with van der Waals surface area (Å²) in [5.74, 6) is -1.63. The van der Waals surface area contributed by atoms with Gasteiger partial charge in [0.1, 0.15) is 0 Å². The van der Waals surface area contributed by atoms with Crippen LogP contribution in [0.25, 0.3) is 0 Å². The molecule has 2 rings (SSSR count). The average Bonchev–Trinajstić information content (AvgIpc) is 2.70. The second-order valence-electron chi connectivity index (χ2n) is 6.73. The summed E-state index contributed by atoms with van der Waals surface area (Å²) in [7, 11) is 0. The van der Waals surface area contributed by atoms with E-state index < -0.39 is 23.6 Å². The maximum atomic E-state index is 13.6. The summed E-state index contributed by atoms with van der Waals surface area (Å²) in [5, 5.41) is 0. The molecule has 7 nitrogen and oxygen atoms in total. The van der Waals surface area contributed by atoms with E-state index in [2.05, 4.69) is 4.99 Å². The van der Waals surface area contributed by atoms with Crippen LogP contribution in [0.1, 0.15) is 29.8 Å². The fourth-order valence-electron chi connectivity index (χ4n) is 3.07. The van der Waals surface area contributed by atoms with Crippen LogP contribution < -0.4 is 16.4 Å². The normalized spacial score (nSPS) is 15.4. The molecule has 0 atom stereocenters. The Bertz CT molecular complexity index is 894. The zero-order chi connectivity index (χ0) is 22.5. The maximum Gasteiger partial charge on any atom is 0.418 e. The van der Waals surface area contributed by atoms with Gasteiger partial charge in [-0.1, -0.05) is 18.2 Å². The molecule has 1 aromatic rings. The predicted octanol–water partition coefficient (Wildman–Crippen LogP) is 2.29. The van der Waals surface area contributed by atoms with Crippen LogP contribution in [0.3, 0.4) is 0 Å². The van der Waals surface area contributed by atoms with Crippen molar-refractivity contribution in [1.82, 2.24) is 4.90 Å². The number of carbonyl (C=O) groups excluding carboxylic acids is 2. The number of amides is 2. The summed E-state index contributed by atoms with van der Waals surface area (Å²) in [6, 6.07) is 3.22. The molecule has 1 fully saturated rings. The van der Waals surface area contributed by atoms with Crippen molar-refractivity contribution in [3.05, 3.63) is 53.1 Å². The van der Waals surface area contributed by atoms with Crippen LogP contribution in [0, 0.1) is 0 Å². The minimum absolute atomic E-state index is 0.0583. The molecule has 0 unspecified atom stereocenters. The molecule has 2 amide bonds. The minimum Gasteiger partial charge on any atom is -0.370 e. The number of aliphatic imine (C=N–C) groups is 1. The van der Waals surface area contributed by atoms with Crippen molar-refractivity contribution in [2.45, 2.75) is 20.0 Å². The van der Waals surface area contributed by atoms with Gasteiger partial charge in [-0.15, -0.1) is 0 Å². The topological polar surface area (TPSA) is 105 Å². The average molecular weight is 423 g/mol. The number of hydrogen-bond donors (Lipinski definition) is 2. The van der Waals surface area contributed by atoms with E-state index in [1.54, 1.807) is 35.0 Å². The van der Waals surface area contributed by atoms with Gasteiger partial charge < -0.3 is 21.3 Å². The number of nitrogens with two attached hydrogens (primary N) is 2. The van der Waals surface area contributed by atoms with Crippen LogP contribution >= 0.6 is 0 Å². The number of allylic oxidation sites excluding steroid dienone is 3. The van der Waals surface area contributed by atoms with Gasteiger partial charge in [0, 0.05) is 43.0 Å². The first kappa shape index (κ1) is 23.0. The van der Waals surface area contributed by atoms with Gasteiger partial charge in [-0.25, -0.2) is 0 Å². The van der Waals surface area contributed by atoms with Gasteiger partial charge >= 0.3 is 6.18 Å². The smallest absolute Gasteiger partial charge is 0.370 e. The summed E-state index contributed by atoms with van der Waals surface area (Å²) in [5.41, 5.74) is 9.52. The van der Waals surface area contributed by atoms with Gasteiger partial charge in [-0.2, -0.15) is 18.2 Å². The van der Waals surface area contributed by atoms with Gasteiger partial charge in [-0.3, -0.25) is 9.59 Å². The van der Waals surface area contributed by atoms with E-state index in [9.17, 15) is 22.8 Å². The fraction of sp³-hybridized carbons (Fsp3) is 0.350. The summed E-state index contributed by atoms with van der Waals surface area (Å²) in [6.45, 7) is 4.56. The number of hydrogen-bond acceptors (Lipinski definition) is 3. The largest absolute Gasteiger partial charge is 0.418 e. The van der Waals surface area contributed by atoms with E-state index in [4.69, 9.17) is 11.5 Å². The van der Waals surface area contributed by atoms with Crippen LogP contribution in [-0.2, 0) is 11.0 Å². The third kappa shape index (κ3) is 5.62. The highest BCUT2D eigenvalue weighted by atomic mass is 19.4. The summed E-state index contributed by atoms with van der Waals surface area (Å²) in [4.78, 5) is 30.8. The molecule has 0 bridgehead atoms. The zero-order valence-electron chi connectivity index (χ0n) is 16.7. The first-order chi connectivity index (χ1) is 14.0. The van der Waals surface area contributed by atoms with Crippen LogP contribution in [0.2, 0.25) is 0 Å². The fourth-order valence-corrected chi connectivity index (χ4v) is 3.07. The molecule has 1 heterocycles. The first-order valence-corrected chi connectivity index (χ1v) is 9.23. The highest BCUT2D eigenvalue weighted by Gasteiger charge is 2.36. The Morgan fingerprint density at radius 3 is 2.30 bits per heavy atom. The Morgan fingerprint density at radius 1 is 1.13 bits per heavy atom. The van der Waals surface area contributed by atoms with Gasteiger partial charge in [0.25, 0.3) is 5.91 Å². The van der Waals surface area contributed by atoms with Gasteiger partial charge in [0.05, 0.1) is 5.56 Å². The highest BCUT2D eigenvalue weighted by Crippen LogP contribution is 2.37. The number of benzene rings is 1. The van der Waals surface area contributed by atoms with Crippen molar-refractivity contribution in [3.8, 4) is 0 Å². The lowest BCUT2D eigenvalue weighted by Gasteiger charge is -2.37. The standard InChI is InChI=1S/C20H24F3N5O2/c1-3-4-5-13(2)18(30)28-10-8-27(9-11-28)16-7-6-14(17(29)26-19(24)25)12-15(16)20(21,22)23/h3-7,12H,8-11H2,1-2H3,(H4,24,25,26,29)/b4-3-,13-5+. The molecule has 10 heteroatoms. The second kappa shape index (κ2) is 9.47. The molecule has 1 aliphatic heterocycles. The molecule has 0 aromatic heterocycles. The van der Waals surface area contributed by atoms with E-state index in [1.807, 2.05) is 6.92 Å². The Hall–Kier alpha value is -3.30. The maximum absolute atomic E-state index is 13.6. The van der Waals surface area contributed by atoms with E-state index >= 15 is 0 Å². The lowest BCUT2D eigenvalue weighted by Crippen LogP contribution is -2.49. The third-order valence-corrected chi connectivity index (χ3v) is 4.56. The monoisotopic (exact) mass is 423 g/mol. The van der Waals surface area contributed by atoms with E-state index in [1.165, 1.54) is 12.1 Å². The second-order valence-corrected chi connectivity index (χ2v) is 6.73. The molecular formula is C20H24F3N5O2. The quantitative estimate of drug-likeness (QED) is 0.335. The number of alkyl halides is 3. The highest BCUT2D eigenvalue weighted by molar-refractivity contribution is 6.02. The molecule has 4 N–H and O–H groups in total. The first-order valence-electron chi connectivity index (χ1n) is 9.23. The van der Waals surface area contributed by atoms with Gasteiger partial charge in [0.2, 0.25) is 5.91 Å². The SMILES string of the molecule is C/C=C\C=C(/C)C(=O)N1CCN(c2ccc(C(=O)N=C(N)N)cc2C(F)(F)F)CC1. The Morgan fingerprint density at radius 2 is 1.77 bits per heavy atom. The Labute approximate surface area is 172 Å². The molecule has 1 saturated heterocycles. The van der Waals surface area contributed by atoms with E-state index in [0.29, 0.717) is 5.57 Å². The molecule has 30 heavy (non-hydrogen) atoms. The number of halogens is 3.